The summed E-state index contributed by atoms with van der Waals surface area (Å²) in [5, 5.41) is 3.32. The minimum Gasteiger partial charge on any atom is -0.389 e. The lowest BCUT2D eigenvalue weighted by atomic mass is 10.2. The van der Waals surface area contributed by atoms with E-state index in [-0.39, 0.29) is 0 Å². The number of nitrogens with zero attached hydrogens (tertiary/aromatic N) is 1. The highest BCUT2D eigenvalue weighted by Gasteiger charge is 2.20. The van der Waals surface area contributed by atoms with Gasteiger partial charge in [-0.05, 0) is 37.8 Å². The standard InChI is InChI=1S/C11H15N3S/c1-7-4-9(11(12)15)5-10(14-7)13-6-8-2-3-8/h4-5,8H,2-3,6H2,1H3,(H2,12,15)(H,13,14). The summed E-state index contributed by atoms with van der Waals surface area (Å²) < 4.78 is 0. The Hall–Kier alpha value is -1.16. The van der Waals surface area contributed by atoms with Crippen molar-refractivity contribution in [1.82, 2.24) is 4.98 Å². The Morgan fingerprint density at radius 2 is 2.33 bits per heavy atom. The number of rotatable bonds is 4. The van der Waals surface area contributed by atoms with E-state index in [0.717, 1.165) is 29.5 Å². The molecule has 0 aliphatic heterocycles. The van der Waals surface area contributed by atoms with Crippen LogP contribution in [0.25, 0.3) is 0 Å². The second kappa shape index (κ2) is 4.14. The molecule has 3 N–H and O–H groups in total. The van der Waals surface area contributed by atoms with E-state index in [1.54, 1.807) is 0 Å². The Bertz CT molecular complexity index is 385. The Morgan fingerprint density at radius 3 is 2.93 bits per heavy atom. The largest absolute Gasteiger partial charge is 0.389 e. The van der Waals surface area contributed by atoms with Crippen molar-refractivity contribution in [3.63, 3.8) is 0 Å². The summed E-state index contributed by atoms with van der Waals surface area (Å²) in [4.78, 5) is 4.82. The lowest BCUT2D eigenvalue weighted by Crippen LogP contribution is -2.12. The van der Waals surface area contributed by atoms with Gasteiger partial charge in [-0.2, -0.15) is 0 Å². The van der Waals surface area contributed by atoms with E-state index >= 15 is 0 Å². The molecule has 0 aromatic carbocycles. The number of aromatic nitrogens is 1. The summed E-state index contributed by atoms with van der Waals surface area (Å²) >= 11 is 4.95. The second-order valence-electron chi connectivity index (χ2n) is 4.07. The van der Waals surface area contributed by atoms with Gasteiger partial charge in [-0.1, -0.05) is 12.2 Å². The highest BCUT2D eigenvalue weighted by molar-refractivity contribution is 7.80. The first-order valence-electron chi connectivity index (χ1n) is 5.17. The number of aryl methyl sites for hydroxylation is 1. The molecule has 0 amide bonds. The van der Waals surface area contributed by atoms with Crippen LogP contribution in [0.4, 0.5) is 5.82 Å². The zero-order chi connectivity index (χ0) is 10.8. The zero-order valence-electron chi connectivity index (χ0n) is 8.79. The van der Waals surface area contributed by atoms with E-state index in [4.69, 9.17) is 18.0 Å². The van der Waals surface area contributed by atoms with Crippen LogP contribution in [-0.4, -0.2) is 16.5 Å². The molecule has 0 saturated heterocycles. The number of pyridine rings is 1. The van der Waals surface area contributed by atoms with Crippen LogP contribution >= 0.6 is 12.2 Å². The molecular weight excluding hydrogens is 206 g/mol. The monoisotopic (exact) mass is 221 g/mol. The first kappa shape index (κ1) is 10.4. The topological polar surface area (TPSA) is 50.9 Å². The summed E-state index contributed by atoms with van der Waals surface area (Å²) in [6, 6.07) is 3.82. The molecule has 1 aromatic heterocycles. The van der Waals surface area contributed by atoms with Gasteiger partial charge in [0, 0.05) is 17.8 Å². The molecule has 1 saturated carbocycles. The van der Waals surface area contributed by atoms with Gasteiger partial charge >= 0.3 is 0 Å². The minimum absolute atomic E-state index is 0.426. The van der Waals surface area contributed by atoms with Gasteiger partial charge in [0.1, 0.15) is 10.8 Å². The van der Waals surface area contributed by atoms with Crippen LogP contribution in [-0.2, 0) is 0 Å². The maximum Gasteiger partial charge on any atom is 0.126 e. The maximum atomic E-state index is 5.60. The Kier molecular flexibility index (Phi) is 2.86. The van der Waals surface area contributed by atoms with Crippen molar-refractivity contribution in [2.75, 3.05) is 11.9 Å². The van der Waals surface area contributed by atoms with E-state index < -0.39 is 0 Å². The number of nitrogens with two attached hydrogens (primary N) is 1. The molecule has 2 rings (SSSR count). The number of thiocarbonyl (C=S) groups is 1. The SMILES string of the molecule is Cc1cc(C(N)=S)cc(NCC2CC2)n1. The van der Waals surface area contributed by atoms with Crippen molar-refractivity contribution in [3.05, 3.63) is 23.4 Å². The van der Waals surface area contributed by atoms with E-state index in [9.17, 15) is 0 Å². The first-order chi connectivity index (χ1) is 7.15. The molecule has 0 bridgehead atoms. The van der Waals surface area contributed by atoms with Gasteiger partial charge in [0.2, 0.25) is 0 Å². The van der Waals surface area contributed by atoms with Gasteiger partial charge in [0.15, 0.2) is 0 Å². The normalized spacial score (nSPS) is 15.0. The summed E-state index contributed by atoms with van der Waals surface area (Å²) in [7, 11) is 0. The lowest BCUT2D eigenvalue weighted by Gasteiger charge is -2.07. The minimum atomic E-state index is 0.426. The van der Waals surface area contributed by atoms with Crippen molar-refractivity contribution < 1.29 is 0 Å². The maximum absolute atomic E-state index is 5.60. The quantitative estimate of drug-likeness (QED) is 0.762. The van der Waals surface area contributed by atoms with Crippen molar-refractivity contribution >= 4 is 23.0 Å². The lowest BCUT2D eigenvalue weighted by molar-refractivity contribution is 0.881. The van der Waals surface area contributed by atoms with Gasteiger partial charge in [-0.3, -0.25) is 0 Å². The molecule has 0 atom stereocenters. The highest BCUT2D eigenvalue weighted by atomic mass is 32.1. The fourth-order valence-corrected chi connectivity index (χ4v) is 1.59. The predicted molar refractivity (Wildman–Crippen MR) is 66.1 cm³/mol. The van der Waals surface area contributed by atoms with Crippen LogP contribution in [0.3, 0.4) is 0 Å². The smallest absolute Gasteiger partial charge is 0.126 e. The number of hydrogen-bond donors (Lipinski definition) is 2. The summed E-state index contributed by atoms with van der Waals surface area (Å²) in [5.41, 5.74) is 7.42. The molecular formula is C11H15N3S. The van der Waals surface area contributed by atoms with Gasteiger partial charge < -0.3 is 11.1 Å². The second-order valence-corrected chi connectivity index (χ2v) is 4.51. The molecule has 1 aliphatic carbocycles. The van der Waals surface area contributed by atoms with Crippen LogP contribution in [0.15, 0.2) is 12.1 Å². The van der Waals surface area contributed by atoms with E-state index in [1.165, 1.54) is 12.8 Å². The van der Waals surface area contributed by atoms with Gasteiger partial charge in [-0.25, -0.2) is 4.98 Å². The molecule has 1 aromatic rings. The predicted octanol–water partition coefficient (Wildman–Crippen LogP) is 1.85. The number of hydrogen-bond acceptors (Lipinski definition) is 3. The van der Waals surface area contributed by atoms with Crippen LogP contribution in [0.1, 0.15) is 24.1 Å². The molecule has 80 valence electrons. The van der Waals surface area contributed by atoms with Crippen LogP contribution in [0.2, 0.25) is 0 Å². The van der Waals surface area contributed by atoms with Crippen LogP contribution in [0, 0.1) is 12.8 Å². The number of anilines is 1. The van der Waals surface area contributed by atoms with Crippen LogP contribution < -0.4 is 11.1 Å². The molecule has 1 heterocycles. The van der Waals surface area contributed by atoms with Gasteiger partial charge in [0.05, 0.1) is 0 Å². The molecule has 0 radical (unpaired) electrons. The van der Waals surface area contributed by atoms with Gasteiger partial charge in [0.25, 0.3) is 0 Å². The fourth-order valence-electron chi connectivity index (χ4n) is 1.47. The van der Waals surface area contributed by atoms with Crippen molar-refractivity contribution in [3.8, 4) is 0 Å². The molecule has 1 fully saturated rings. The average Bonchev–Trinajstić information content (AvgIpc) is 2.97. The molecule has 15 heavy (non-hydrogen) atoms. The summed E-state index contributed by atoms with van der Waals surface area (Å²) in [5.74, 6) is 1.71. The molecule has 3 nitrogen and oxygen atoms in total. The van der Waals surface area contributed by atoms with E-state index in [1.807, 2.05) is 19.1 Å². The van der Waals surface area contributed by atoms with E-state index in [2.05, 4.69) is 10.3 Å². The highest BCUT2D eigenvalue weighted by Crippen LogP contribution is 2.28. The fraction of sp³-hybridized carbons (Fsp3) is 0.455. The van der Waals surface area contributed by atoms with Crippen LogP contribution in [0.5, 0.6) is 0 Å². The summed E-state index contributed by atoms with van der Waals surface area (Å²) in [6.45, 7) is 2.96. The molecule has 4 heteroatoms. The van der Waals surface area contributed by atoms with Crippen molar-refractivity contribution in [2.45, 2.75) is 19.8 Å². The summed E-state index contributed by atoms with van der Waals surface area (Å²) in [6.07, 6.45) is 2.67. The Labute approximate surface area is 95.1 Å². The molecule has 0 spiro atoms. The van der Waals surface area contributed by atoms with E-state index in [0.29, 0.717) is 4.99 Å². The van der Waals surface area contributed by atoms with Crippen molar-refractivity contribution in [2.24, 2.45) is 11.7 Å². The Morgan fingerprint density at radius 1 is 1.60 bits per heavy atom. The molecule has 1 aliphatic rings. The van der Waals surface area contributed by atoms with Crippen molar-refractivity contribution in [1.29, 1.82) is 0 Å². The third kappa shape index (κ3) is 2.89. The third-order valence-corrected chi connectivity index (χ3v) is 2.74. The Balaban J connectivity index is 2.10. The van der Waals surface area contributed by atoms with Gasteiger partial charge in [-0.15, -0.1) is 0 Å². The number of nitrogens with one attached hydrogen (secondary N) is 1. The zero-order valence-corrected chi connectivity index (χ0v) is 9.60. The first-order valence-corrected chi connectivity index (χ1v) is 5.58. The molecule has 0 unspecified atom stereocenters. The average molecular weight is 221 g/mol. The third-order valence-electron chi connectivity index (χ3n) is 2.51.